The lowest BCUT2D eigenvalue weighted by atomic mass is 10.3. The predicted octanol–water partition coefficient (Wildman–Crippen LogP) is 2.95. The largest absolute Gasteiger partial charge is 0.341 e. The zero-order valence-electron chi connectivity index (χ0n) is 9.92. The van der Waals surface area contributed by atoms with E-state index in [9.17, 15) is 0 Å². The Hall–Kier alpha value is -1.88. The summed E-state index contributed by atoms with van der Waals surface area (Å²) in [5.74, 6) is 1.75. The van der Waals surface area contributed by atoms with Gasteiger partial charge < -0.3 is 4.98 Å². The highest BCUT2D eigenvalue weighted by Crippen LogP contribution is 2.20. The summed E-state index contributed by atoms with van der Waals surface area (Å²) in [5.41, 5.74) is 3.07. The molecule has 0 aliphatic heterocycles. The Morgan fingerprint density at radius 2 is 2.11 bits per heavy atom. The average molecular weight is 256 g/mol. The summed E-state index contributed by atoms with van der Waals surface area (Å²) in [6.07, 6.45) is 1.59. The van der Waals surface area contributed by atoms with Gasteiger partial charge in [0, 0.05) is 5.69 Å². The van der Waals surface area contributed by atoms with E-state index in [0.29, 0.717) is 0 Å². The van der Waals surface area contributed by atoms with Gasteiger partial charge in [-0.1, -0.05) is 23.9 Å². The van der Waals surface area contributed by atoms with Crippen LogP contribution in [0.5, 0.6) is 0 Å². The number of H-pyrrole nitrogens is 1. The number of hydrogen-bond donors (Lipinski definition) is 1. The molecule has 3 rings (SSSR count). The molecule has 0 aliphatic carbocycles. The molecule has 4 nitrogen and oxygen atoms in total. The van der Waals surface area contributed by atoms with Crippen LogP contribution >= 0.6 is 11.8 Å². The predicted molar refractivity (Wildman–Crippen MR) is 72.4 cm³/mol. The molecule has 3 aromatic rings. The van der Waals surface area contributed by atoms with Gasteiger partial charge in [0.15, 0.2) is 0 Å². The normalized spacial score (nSPS) is 10.9. The summed E-state index contributed by atoms with van der Waals surface area (Å²) in [4.78, 5) is 16.1. The minimum Gasteiger partial charge on any atom is -0.341 e. The van der Waals surface area contributed by atoms with Crippen molar-refractivity contribution in [2.75, 3.05) is 0 Å². The zero-order chi connectivity index (χ0) is 12.4. The Morgan fingerprint density at radius 3 is 2.94 bits per heavy atom. The third-order valence-corrected chi connectivity index (χ3v) is 3.51. The molecule has 0 saturated carbocycles. The molecule has 0 radical (unpaired) electrons. The van der Waals surface area contributed by atoms with Gasteiger partial charge in [0.05, 0.1) is 16.8 Å². The third-order valence-electron chi connectivity index (χ3n) is 2.57. The first-order valence-corrected chi connectivity index (χ1v) is 6.65. The number of imidazole rings is 1. The van der Waals surface area contributed by atoms with Gasteiger partial charge in [-0.25, -0.2) is 15.0 Å². The first-order chi connectivity index (χ1) is 8.81. The molecule has 0 aliphatic rings. The van der Waals surface area contributed by atoms with Crippen LogP contribution in [0.25, 0.3) is 11.0 Å². The molecule has 0 atom stereocenters. The molecular formula is C13H12N4S. The molecule has 2 heterocycles. The van der Waals surface area contributed by atoms with Crippen molar-refractivity contribution < 1.29 is 0 Å². The van der Waals surface area contributed by atoms with Crippen LogP contribution in [0.1, 0.15) is 11.5 Å². The van der Waals surface area contributed by atoms with E-state index in [4.69, 9.17) is 0 Å². The first-order valence-electron chi connectivity index (χ1n) is 5.66. The lowest BCUT2D eigenvalue weighted by Gasteiger charge is -1.98. The molecule has 0 bridgehead atoms. The molecule has 1 N–H and O–H groups in total. The summed E-state index contributed by atoms with van der Waals surface area (Å²) in [7, 11) is 0. The third kappa shape index (κ3) is 2.36. The van der Waals surface area contributed by atoms with E-state index in [2.05, 4.69) is 19.9 Å². The van der Waals surface area contributed by atoms with Gasteiger partial charge in [-0.2, -0.15) is 0 Å². The van der Waals surface area contributed by atoms with Crippen molar-refractivity contribution in [1.82, 2.24) is 19.9 Å². The molecule has 0 unspecified atom stereocenters. The molecule has 18 heavy (non-hydrogen) atoms. The van der Waals surface area contributed by atoms with E-state index in [1.54, 1.807) is 18.1 Å². The van der Waals surface area contributed by atoms with Gasteiger partial charge in [0.2, 0.25) is 0 Å². The van der Waals surface area contributed by atoms with Crippen molar-refractivity contribution in [2.24, 2.45) is 0 Å². The number of aromatic amines is 1. The quantitative estimate of drug-likeness (QED) is 0.578. The number of benzene rings is 1. The van der Waals surface area contributed by atoms with E-state index >= 15 is 0 Å². The minimum absolute atomic E-state index is 0.783. The second-order valence-corrected chi connectivity index (χ2v) is 4.98. The van der Waals surface area contributed by atoms with Crippen LogP contribution in [0.3, 0.4) is 0 Å². The topological polar surface area (TPSA) is 54.5 Å². The number of hydrogen-bond acceptors (Lipinski definition) is 4. The lowest BCUT2D eigenvalue weighted by Crippen LogP contribution is -1.88. The molecular weight excluding hydrogens is 244 g/mol. The fraction of sp³-hybridized carbons (Fsp3) is 0.154. The number of nitrogens with zero attached hydrogens (tertiary/aromatic N) is 3. The maximum absolute atomic E-state index is 4.53. The van der Waals surface area contributed by atoms with E-state index in [1.165, 1.54) is 0 Å². The second kappa shape index (κ2) is 4.78. The van der Waals surface area contributed by atoms with Gasteiger partial charge in [-0.15, -0.1) is 0 Å². The minimum atomic E-state index is 0.783. The van der Waals surface area contributed by atoms with Gasteiger partial charge in [-0.3, -0.25) is 0 Å². The summed E-state index contributed by atoms with van der Waals surface area (Å²) >= 11 is 1.66. The number of rotatable bonds is 3. The maximum atomic E-state index is 4.53. The molecule has 0 amide bonds. The number of aromatic nitrogens is 4. The smallest absolute Gasteiger partial charge is 0.117 e. The SMILES string of the molecule is Cc1cc(SCc2nc3ccccc3[nH]2)ncn1. The highest BCUT2D eigenvalue weighted by atomic mass is 32.2. The summed E-state index contributed by atoms with van der Waals surface area (Å²) in [6, 6.07) is 10.0. The van der Waals surface area contributed by atoms with E-state index in [0.717, 1.165) is 33.3 Å². The van der Waals surface area contributed by atoms with E-state index in [-0.39, 0.29) is 0 Å². The van der Waals surface area contributed by atoms with Crippen LogP contribution in [0, 0.1) is 6.92 Å². The van der Waals surface area contributed by atoms with Gasteiger partial charge >= 0.3 is 0 Å². The highest BCUT2D eigenvalue weighted by Gasteiger charge is 2.03. The molecule has 0 fully saturated rings. The van der Waals surface area contributed by atoms with Crippen molar-refractivity contribution >= 4 is 22.8 Å². The van der Waals surface area contributed by atoms with E-state index < -0.39 is 0 Å². The van der Waals surface area contributed by atoms with Crippen LogP contribution in [0.4, 0.5) is 0 Å². The summed E-state index contributed by atoms with van der Waals surface area (Å²) < 4.78 is 0. The Labute approximate surface area is 109 Å². The molecule has 2 aromatic heterocycles. The van der Waals surface area contributed by atoms with Crippen molar-refractivity contribution in [3.63, 3.8) is 0 Å². The first kappa shape index (κ1) is 11.2. The second-order valence-electron chi connectivity index (χ2n) is 3.99. The average Bonchev–Trinajstić information content (AvgIpc) is 2.79. The molecule has 90 valence electrons. The molecule has 5 heteroatoms. The Morgan fingerprint density at radius 1 is 1.22 bits per heavy atom. The number of nitrogens with one attached hydrogen (secondary N) is 1. The Balaban J connectivity index is 1.76. The molecule has 1 aromatic carbocycles. The van der Waals surface area contributed by atoms with Crippen molar-refractivity contribution in [2.45, 2.75) is 17.7 Å². The fourth-order valence-corrected chi connectivity index (χ4v) is 2.52. The number of thioether (sulfide) groups is 1. The lowest BCUT2D eigenvalue weighted by molar-refractivity contribution is 1.00. The monoisotopic (exact) mass is 256 g/mol. The van der Waals surface area contributed by atoms with Crippen LogP contribution in [-0.2, 0) is 5.75 Å². The van der Waals surface area contributed by atoms with Crippen molar-refractivity contribution in [3.8, 4) is 0 Å². The summed E-state index contributed by atoms with van der Waals surface area (Å²) in [5, 5.41) is 0.975. The van der Waals surface area contributed by atoms with Crippen molar-refractivity contribution in [1.29, 1.82) is 0 Å². The van der Waals surface area contributed by atoms with Crippen molar-refractivity contribution in [3.05, 3.63) is 48.2 Å². The highest BCUT2D eigenvalue weighted by molar-refractivity contribution is 7.98. The van der Waals surface area contributed by atoms with Gasteiger partial charge in [0.1, 0.15) is 17.2 Å². The molecule has 0 spiro atoms. The summed E-state index contributed by atoms with van der Waals surface area (Å²) in [6.45, 7) is 1.97. The Kier molecular flexibility index (Phi) is 2.98. The van der Waals surface area contributed by atoms with E-state index in [1.807, 2.05) is 37.3 Å². The number of fused-ring (bicyclic) bond motifs is 1. The Bertz CT molecular complexity index is 644. The number of para-hydroxylation sites is 2. The fourth-order valence-electron chi connectivity index (χ4n) is 1.73. The maximum Gasteiger partial charge on any atom is 0.117 e. The van der Waals surface area contributed by atoms with Crippen LogP contribution < -0.4 is 0 Å². The van der Waals surface area contributed by atoms with Crippen LogP contribution in [-0.4, -0.2) is 19.9 Å². The van der Waals surface area contributed by atoms with Gasteiger partial charge in [-0.05, 0) is 25.1 Å². The zero-order valence-corrected chi connectivity index (χ0v) is 10.7. The van der Waals surface area contributed by atoms with Crippen LogP contribution in [0.2, 0.25) is 0 Å². The van der Waals surface area contributed by atoms with Crippen LogP contribution in [0.15, 0.2) is 41.7 Å². The number of aryl methyl sites for hydroxylation is 1. The van der Waals surface area contributed by atoms with Gasteiger partial charge in [0.25, 0.3) is 0 Å². The molecule has 0 saturated heterocycles. The standard InChI is InChI=1S/C13H12N4S/c1-9-6-13(15-8-14-9)18-7-12-16-10-4-2-3-5-11(10)17-12/h2-6,8H,7H2,1H3,(H,16,17).